The van der Waals surface area contributed by atoms with Gasteiger partial charge in [-0.25, -0.2) is 9.13 Å². The summed E-state index contributed by atoms with van der Waals surface area (Å²) in [4.78, 5) is 72.7. The number of unbranched alkanes of at least 4 members (excludes halogenated alkanes) is 41. The summed E-state index contributed by atoms with van der Waals surface area (Å²) in [6, 6.07) is 0. The van der Waals surface area contributed by atoms with E-state index in [0.29, 0.717) is 25.7 Å². The van der Waals surface area contributed by atoms with Crippen LogP contribution in [-0.2, 0) is 65.4 Å². The first-order valence-corrected chi connectivity index (χ1v) is 42.4. The number of carbonyl (C=O) groups is 4. The predicted octanol–water partition coefficient (Wildman–Crippen LogP) is 22.2. The highest BCUT2D eigenvalue weighted by molar-refractivity contribution is 7.47. The molecule has 0 aliphatic heterocycles. The van der Waals surface area contributed by atoms with Gasteiger partial charge in [-0.2, -0.15) is 0 Å². The smallest absolute Gasteiger partial charge is 0.462 e. The van der Waals surface area contributed by atoms with Crippen LogP contribution in [0, 0.1) is 17.8 Å². The minimum Gasteiger partial charge on any atom is -0.462 e. The second-order valence-corrected chi connectivity index (χ2v) is 31.5. The number of rotatable bonds is 74. The van der Waals surface area contributed by atoms with Crippen LogP contribution in [0.5, 0.6) is 0 Å². The summed E-state index contributed by atoms with van der Waals surface area (Å²) in [6.07, 6.45) is 52.8. The number of aliphatic hydroxyl groups is 1. The Kier molecular flexibility index (Phi) is 65.2. The molecular formula is C76H148O17P2. The van der Waals surface area contributed by atoms with Crippen LogP contribution in [0.25, 0.3) is 0 Å². The molecule has 19 heteroatoms. The Morgan fingerprint density at radius 3 is 0.800 bits per heavy atom. The van der Waals surface area contributed by atoms with Crippen molar-refractivity contribution >= 4 is 39.5 Å². The fraction of sp³-hybridized carbons (Fsp3) is 0.947. The van der Waals surface area contributed by atoms with Crippen LogP contribution < -0.4 is 0 Å². The molecule has 0 heterocycles. The quantitative estimate of drug-likeness (QED) is 0.0222. The second kappa shape index (κ2) is 66.6. The van der Waals surface area contributed by atoms with Crippen molar-refractivity contribution in [2.75, 3.05) is 39.6 Å². The van der Waals surface area contributed by atoms with Crippen molar-refractivity contribution in [2.24, 2.45) is 17.8 Å². The van der Waals surface area contributed by atoms with Gasteiger partial charge in [0, 0.05) is 25.7 Å². The maximum absolute atomic E-state index is 13.1. The molecule has 0 saturated carbocycles. The van der Waals surface area contributed by atoms with Crippen molar-refractivity contribution in [3.05, 3.63) is 0 Å². The van der Waals surface area contributed by atoms with Crippen LogP contribution >= 0.6 is 15.6 Å². The van der Waals surface area contributed by atoms with E-state index in [1.165, 1.54) is 199 Å². The number of hydrogen-bond donors (Lipinski definition) is 3. The maximum atomic E-state index is 13.1. The molecule has 3 N–H and O–H groups in total. The Bertz CT molecular complexity index is 1850. The van der Waals surface area contributed by atoms with Gasteiger partial charge in [-0.1, -0.05) is 337 Å². The number of ether oxygens (including phenoxy) is 4. The van der Waals surface area contributed by atoms with Gasteiger partial charge in [0.05, 0.1) is 26.4 Å². The lowest BCUT2D eigenvalue weighted by Gasteiger charge is -2.21. The zero-order valence-electron chi connectivity index (χ0n) is 62.1. The third-order valence-corrected chi connectivity index (χ3v) is 19.9. The van der Waals surface area contributed by atoms with Crippen LogP contribution in [0.2, 0.25) is 0 Å². The van der Waals surface area contributed by atoms with E-state index in [9.17, 15) is 43.2 Å². The predicted molar refractivity (Wildman–Crippen MR) is 386 cm³/mol. The highest BCUT2D eigenvalue weighted by Crippen LogP contribution is 2.45. The summed E-state index contributed by atoms with van der Waals surface area (Å²) in [5.74, 6) is 0.230. The third kappa shape index (κ3) is 69.0. The summed E-state index contributed by atoms with van der Waals surface area (Å²) in [5, 5.41) is 10.6. The molecule has 0 radical (unpaired) electrons. The normalized spacial score (nSPS) is 14.4. The van der Waals surface area contributed by atoms with Gasteiger partial charge in [-0.3, -0.25) is 37.3 Å². The Morgan fingerprint density at radius 1 is 0.305 bits per heavy atom. The van der Waals surface area contributed by atoms with E-state index in [2.05, 4.69) is 48.5 Å². The fourth-order valence-electron chi connectivity index (χ4n) is 11.6. The van der Waals surface area contributed by atoms with Gasteiger partial charge in [0.1, 0.15) is 19.3 Å². The first kappa shape index (κ1) is 93.1. The Morgan fingerprint density at radius 2 is 0.537 bits per heavy atom. The molecule has 0 bridgehead atoms. The zero-order valence-corrected chi connectivity index (χ0v) is 63.9. The molecular weight excluding hydrogens is 1250 g/mol. The summed E-state index contributed by atoms with van der Waals surface area (Å²) in [6.45, 7) is 11.9. The van der Waals surface area contributed by atoms with Gasteiger partial charge in [0.2, 0.25) is 0 Å². The molecule has 17 nitrogen and oxygen atoms in total. The number of phosphoric acid groups is 2. The average molecular weight is 1400 g/mol. The molecule has 0 aromatic rings. The number of carbonyl (C=O) groups excluding carboxylic acids is 4. The van der Waals surface area contributed by atoms with Gasteiger partial charge < -0.3 is 33.8 Å². The van der Waals surface area contributed by atoms with Crippen molar-refractivity contribution < 1.29 is 80.2 Å². The summed E-state index contributed by atoms with van der Waals surface area (Å²) in [7, 11) is -9.91. The third-order valence-electron chi connectivity index (χ3n) is 18.0. The van der Waals surface area contributed by atoms with Gasteiger partial charge in [0.25, 0.3) is 0 Å². The lowest BCUT2D eigenvalue weighted by molar-refractivity contribution is -0.161. The van der Waals surface area contributed by atoms with Crippen molar-refractivity contribution in [1.82, 2.24) is 0 Å². The second-order valence-electron chi connectivity index (χ2n) is 28.6. The minimum atomic E-state index is -4.96. The van der Waals surface area contributed by atoms with E-state index >= 15 is 0 Å². The van der Waals surface area contributed by atoms with Crippen LogP contribution in [0.4, 0.5) is 0 Å². The van der Waals surface area contributed by atoms with Crippen LogP contribution in [0.1, 0.15) is 389 Å². The zero-order chi connectivity index (χ0) is 70.1. The molecule has 0 fully saturated rings. The van der Waals surface area contributed by atoms with E-state index in [1.54, 1.807) is 0 Å². The summed E-state index contributed by atoms with van der Waals surface area (Å²) in [5.41, 5.74) is 0. The van der Waals surface area contributed by atoms with Gasteiger partial charge >= 0.3 is 39.5 Å². The Balaban J connectivity index is 5.17. The van der Waals surface area contributed by atoms with E-state index in [1.807, 2.05) is 0 Å². The molecule has 0 aliphatic rings. The van der Waals surface area contributed by atoms with Crippen molar-refractivity contribution in [3.63, 3.8) is 0 Å². The molecule has 0 aliphatic carbocycles. The van der Waals surface area contributed by atoms with Crippen LogP contribution in [-0.4, -0.2) is 96.7 Å². The van der Waals surface area contributed by atoms with Gasteiger partial charge in [-0.05, 0) is 43.4 Å². The highest BCUT2D eigenvalue weighted by atomic mass is 31.2. The molecule has 6 atom stereocenters. The number of hydrogen-bond acceptors (Lipinski definition) is 15. The average Bonchev–Trinajstić information content (AvgIpc) is 1.35. The summed E-state index contributed by atoms with van der Waals surface area (Å²) < 4.78 is 68.4. The minimum absolute atomic E-state index is 0.105. The molecule has 0 spiro atoms. The SMILES string of the molecule is CCCCCCCCCCCC(=O)OC[C@H](COP(=O)(O)OC[C@H](O)COP(=O)(O)OC[C@@H](COC(=O)CCCCCCCCCCCC(C)C)OC(=O)CCCCCCCCCCCCCCCCCCCCC(C)CC)OC(=O)CCCCCCCCCCCC(C)C. The van der Waals surface area contributed by atoms with Crippen LogP contribution in [0.3, 0.4) is 0 Å². The lowest BCUT2D eigenvalue weighted by Crippen LogP contribution is -2.30. The molecule has 564 valence electrons. The fourth-order valence-corrected chi connectivity index (χ4v) is 13.1. The van der Waals surface area contributed by atoms with Gasteiger partial charge in [0.15, 0.2) is 12.2 Å². The van der Waals surface area contributed by atoms with Crippen molar-refractivity contribution in [3.8, 4) is 0 Å². The number of esters is 4. The Hall–Kier alpha value is -1.94. The van der Waals surface area contributed by atoms with Crippen LogP contribution in [0.15, 0.2) is 0 Å². The Labute approximate surface area is 581 Å². The number of aliphatic hydroxyl groups excluding tert-OH is 1. The lowest BCUT2D eigenvalue weighted by atomic mass is 9.99. The summed E-state index contributed by atoms with van der Waals surface area (Å²) >= 11 is 0. The van der Waals surface area contributed by atoms with E-state index in [4.69, 9.17) is 37.0 Å². The molecule has 0 amide bonds. The van der Waals surface area contributed by atoms with Crippen molar-refractivity contribution in [2.45, 2.75) is 407 Å². The maximum Gasteiger partial charge on any atom is 0.472 e. The molecule has 3 unspecified atom stereocenters. The monoisotopic (exact) mass is 1400 g/mol. The molecule has 0 aromatic heterocycles. The largest absolute Gasteiger partial charge is 0.472 e. The van der Waals surface area contributed by atoms with Gasteiger partial charge in [-0.15, -0.1) is 0 Å². The molecule has 95 heavy (non-hydrogen) atoms. The van der Waals surface area contributed by atoms with E-state index < -0.39 is 97.5 Å². The standard InChI is InChI=1S/C76H148O17P2/c1-8-10-11-12-13-26-36-43-50-57-73(78)86-63-71(93-76(81)60-53-46-39-32-25-28-34-41-48-55-68(5)6)65-90-94(82,83)88-61-70(77)62-89-95(84,85)91-66-72(64-87-74(79)58-51-44-37-31-24-27-33-40-47-54-67(3)4)92-75(80)59-52-45-38-30-23-21-19-17-15-14-16-18-20-22-29-35-42-49-56-69(7)9-2/h67-72,77H,8-66H2,1-7H3,(H,82,83)(H,84,85)/t69?,70-,71+,72+/m0/s1. The topological polar surface area (TPSA) is 237 Å². The van der Waals surface area contributed by atoms with Crippen molar-refractivity contribution in [1.29, 1.82) is 0 Å². The molecule has 0 aromatic carbocycles. The molecule has 0 rings (SSSR count). The first-order chi connectivity index (χ1) is 45.8. The van der Waals surface area contributed by atoms with E-state index in [-0.39, 0.29) is 25.7 Å². The van der Waals surface area contributed by atoms with E-state index in [0.717, 1.165) is 108 Å². The molecule has 0 saturated heterocycles. The number of phosphoric ester groups is 2. The first-order valence-electron chi connectivity index (χ1n) is 39.4. The highest BCUT2D eigenvalue weighted by Gasteiger charge is 2.30.